The minimum Gasteiger partial charge on any atom is -0.496 e. The van der Waals surface area contributed by atoms with Crippen LogP contribution in [0.15, 0.2) is 53.4 Å². The monoisotopic (exact) mass is 434 g/mol. The summed E-state index contributed by atoms with van der Waals surface area (Å²) in [6.45, 7) is 0.801. The van der Waals surface area contributed by atoms with Crippen molar-refractivity contribution in [3.05, 3.63) is 59.9 Å². The highest BCUT2D eigenvalue weighted by molar-refractivity contribution is 7.89. The molecule has 30 heavy (non-hydrogen) atoms. The van der Waals surface area contributed by atoms with Crippen LogP contribution in [0.3, 0.4) is 0 Å². The second-order valence-electron chi connectivity index (χ2n) is 7.34. The summed E-state index contributed by atoms with van der Waals surface area (Å²) in [5.41, 5.74) is 0.999. The minimum absolute atomic E-state index is 0.0485. The molecule has 0 spiro atoms. The van der Waals surface area contributed by atoms with Crippen molar-refractivity contribution >= 4 is 15.9 Å². The van der Waals surface area contributed by atoms with E-state index in [1.807, 2.05) is 24.3 Å². The Bertz CT molecular complexity index is 963. The Balaban J connectivity index is 1.61. The molecule has 1 fully saturated rings. The maximum Gasteiger partial charge on any atom is 0.243 e. The van der Waals surface area contributed by atoms with Crippen molar-refractivity contribution in [3.8, 4) is 5.75 Å². The van der Waals surface area contributed by atoms with E-state index in [9.17, 15) is 17.6 Å². The Morgan fingerprint density at radius 1 is 1.17 bits per heavy atom. The lowest BCUT2D eigenvalue weighted by molar-refractivity contribution is -0.122. The molecule has 1 aliphatic heterocycles. The summed E-state index contributed by atoms with van der Waals surface area (Å²) in [5, 5.41) is 2.88. The molecule has 1 aliphatic rings. The van der Waals surface area contributed by atoms with E-state index < -0.39 is 21.9 Å². The lowest BCUT2D eigenvalue weighted by atomic mass is 10.0. The van der Waals surface area contributed by atoms with Gasteiger partial charge in [-0.05, 0) is 55.2 Å². The quantitative estimate of drug-likeness (QED) is 0.693. The van der Waals surface area contributed by atoms with Crippen LogP contribution < -0.4 is 10.1 Å². The second kappa shape index (κ2) is 10.0. The maximum atomic E-state index is 13.2. The molecule has 1 amide bonds. The number of para-hydroxylation sites is 1. The topological polar surface area (TPSA) is 75.7 Å². The Morgan fingerprint density at radius 3 is 2.63 bits per heavy atom. The number of methoxy groups -OCH3 is 1. The summed E-state index contributed by atoms with van der Waals surface area (Å²) in [6, 6.07) is 12.0. The zero-order valence-electron chi connectivity index (χ0n) is 17.0. The fourth-order valence-corrected chi connectivity index (χ4v) is 5.46. The van der Waals surface area contributed by atoms with Gasteiger partial charge in [-0.1, -0.05) is 24.6 Å². The molecule has 1 heterocycles. The highest BCUT2D eigenvalue weighted by atomic mass is 32.2. The van der Waals surface area contributed by atoms with Gasteiger partial charge < -0.3 is 10.1 Å². The highest BCUT2D eigenvalue weighted by Gasteiger charge is 2.34. The van der Waals surface area contributed by atoms with Gasteiger partial charge in [-0.2, -0.15) is 4.31 Å². The Kier molecular flexibility index (Phi) is 7.44. The molecule has 0 saturated carbocycles. The summed E-state index contributed by atoms with van der Waals surface area (Å²) in [4.78, 5) is 12.5. The number of nitrogens with one attached hydrogen (secondary N) is 1. The number of sulfonamides is 1. The molecule has 0 bridgehead atoms. The number of hydrogen-bond donors (Lipinski definition) is 1. The molecule has 0 radical (unpaired) electrons. The van der Waals surface area contributed by atoms with Gasteiger partial charge in [0, 0.05) is 25.6 Å². The summed E-state index contributed by atoms with van der Waals surface area (Å²) in [6.07, 6.45) is 2.96. The first-order chi connectivity index (χ1) is 14.4. The molecule has 162 valence electrons. The van der Waals surface area contributed by atoms with Crippen LogP contribution in [0, 0.1) is 5.82 Å². The second-order valence-corrected chi connectivity index (χ2v) is 9.23. The number of ether oxygens (including phenoxy) is 1. The Labute approximate surface area is 177 Å². The first-order valence-corrected chi connectivity index (χ1v) is 11.5. The molecule has 0 aliphatic carbocycles. The smallest absolute Gasteiger partial charge is 0.243 e. The summed E-state index contributed by atoms with van der Waals surface area (Å²) < 4.78 is 45.9. The number of piperidine rings is 1. The van der Waals surface area contributed by atoms with Crippen LogP contribution >= 0.6 is 0 Å². The highest BCUT2D eigenvalue weighted by Crippen LogP contribution is 2.27. The maximum absolute atomic E-state index is 13.2. The van der Waals surface area contributed by atoms with Gasteiger partial charge in [0.05, 0.1) is 12.0 Å². The third-order valence-corrected chi connectivity index (χ3v) is 7.29. The molecule has 1 unspecified atom stereocenters. The van der Waals surface area contributed by atoms with Gasteiger partial charge in [0.25, 0.3) is 0 Å². The largest absolute Gasteiger partial charge is 0.496 e. The third kappa shape index (κ3) is 5.37. The molecular formula is C22H27FN2O4S. The average Bonchev–Trinajstić information content (AvgIpc) is 2.74. The van der Waals surface area contributed by atoms with Gasteiger partial charge in [0.2, 0.25) is 15.9 Å². The van der Waals surface area contributed by atoms with Crippen molar-refractivity contribution in [3.63, 3.8) is 0 Å². The van der Waals surface area contributed by atoms with Crippen molar-refractivity contribution in [2.45, 2.75) is 43.0 Å². The van der Waals surface area contributed by atoms with Gasteiger partial charge >= 0.3 is 0 Å². The molecule has 1 saturated heterocycles. The number of amides is 1. The zero-order valence-corrected chi connectivity index (χ0v) is 17.8. The molecule has 1 N–H and O–H groups in total. The predicted molar refractivity (Wildman–Crippen MR) is 112 cm³/mol. The summed E-state index contributed by atoms with van der Waals surface area (Å²) >= 11 is 0. The van der Waals surface area contributed by atoms with E-state index in [0.29, 0.717) is 25.9 Å². The third-order valence-electron chi connectivity index (χ3n) is 5.32. The van der Waals surface area contributed by atoms with Crippen LogP contribution in [0.4, 0.5) is 4.39 Å². The zero-order chi connectivity index (χ0) is 21.6. The van der Waals surface area contributed by atoms with E-state index in [4.69, 9.17) is 4.74 Å². The van der Waals surface area contributed by atoms with Crippen molar-refractivity contribution in [1.29, 1.82) is 0 Å². The van der Waals surface area contributed by atoms with E-state index in [2.05, 4.69) is 5.32 Å². The van der Waals surface area contributed by atoms with Gasteiger partial charge in [0.15, 0.2) is 0 Å². The van der Waals surface area contributed by atoms with E-state index in [1.165, 1.54) is 16.4 Å². The number of halogens is 1. The predicted octanol–water partition coefficient (Wildman–Crippen LogP) is 3.13. The van der Waals surface area contributed by atoms with Gasteiger partial charge in [-0.15, -0.1) is 0 Å². The molecule has 2 aromatic rings. The normalized spacial score (nSPS) is 17.5. The van der Waals surface area contributed by atoms with Gasteiger partial charge in [-0.3, -0.25) is 4.79 Å². The van der Waals surface area contributed by atoms with Gasteiger partial charge in [-0.25, -0.2) is 12.8 Å². The van der Waals surface area contributed by atoms with Crippen LogP contribution in [-0.2, 0) is 21.2 Å². The Morgan fingerprint density at radius 2 is 1.90 bits per heavy atom. The van der Waals surface area contributed by atoms with Gasteiger partial charge in [0.1, 0.15) is 11.6 Å². The van der Waals surface area contributed by atoms with Crippen molar-refractivity contribution < 1.29 is 22.3 Å². The number of hydrogen-bond acceptors (Lipinski definition) is 4. The number of rotatable bonds is 8. The Hall–Kier alpha value is -2.45. The number of benzene rings is 2. The first kappa shape index (κ1) is 22.2. The molecule has 3 rings (SSSR count). The fraction of sp³-hybridized carbons (Fsp3) is 0.409. The minimum atomic E-state index is -3.78. The van der Waals surface area contributed by atoms with Crippen LogP contribution in [0.25, 0.3) is 0 Å². The van der Waals surface area contributed by atoms with E-state index in [0.717, 1.165) is 36.3 Å². The lowest BCUT2D eigenvalue weighted by Gasteiger charge is -2.34. The number of nitrogens with zero attached hydrogens (tertiary/aromatic N) is 1. The van der Waals surface area contributed by atoms with Crippen molar-refractivity contribution in [1.82, 2.24) is 9.62 Å². The van der Waals surface area contributed by atoms with E-state index >= 15 is 0 Å². The number of carbonyl (C=O) groups excluding carboxylic acids is 1. The molecule has 6 nitrogen and oxygen atoms in total. The molecule has 1 atom stereocenters. The van der Waals surface area contributed by atoms with Crippen LogP contribution in [0.1, 0.15) is 31.2 Å². The lowest BCUT2D eigenvalue weighted by Crippen LogP contribution is -2.46. The molecule has 8 heteroatoms. The standard InChI is InChI=1S/C22H27FN2O4S/c1-29-21-8-3-2-6-17(21)13-14-24-22(26)16-19-7-4-5-15-25(19)30(27,28)20-11-9-18(23)10-12-20/h2-3,6,8-12,19H,4-5,7,13-16H2,1H3,(H,24,26). The average molecular weight is 435 g/mol. The van der Waals surface area contributed by atoms with E-state index in [-0.39, 0.29) is 17.2 Å². The van der Waals surface area contributed by atoms with Crippen LogP contribution in [0.5, 0.6) is 5.75 Å². The summed E-state index contributed by atoms with van der Waals surface area (Å²) in [7, 11) is -2.17. The first-order valence-electron chi connectivity index (χ1n) is 10.1. The molecule has 2 aromatic carbocycles. The number of carbonyl (C=O) groups is 1. The van der Waals surface area contributed by atoms with Crippen molar-refractivity contribution in [2.75, 3.05) is 20.2 Å². The molecule has 0 aromatic heterocycles. The van der Waals surface area contributed by atoms with Crippen LogP contribution in [-0.4, -0.2) is 44.9 Å². The fourth-order valence-electron chi connectivity index (χ4n) is 3.77. The van der Waals surface area contributed by atoms with E-state index in [1.54, 1.807) is 7.11 Å². The SMILES string of the molecule is COc1ccccc1CCNC(=O)CC1CCCCN1S(=O)(=O)c1ccc(F)cc1. The van der Waals surface area contributed by atoms with Crippen molar-refractivity contribution in [2.24, 2.45) is 0 Å². The molecular weight excluding hydrogens is 407 g/mol. The van der Waals surface area contributed by atoms with Crippen LogP contribution in [0.2, 0.25) is 0 Å². The summed E-state index contributed by atoms with van der Waals surface area (Å²) in [5.74, 6) is 0.102.